The number of benzene rings is 9. The van der Waals surface area contributed by atoms with Gasteiger partial charge in [0.2, 0.25) is 0 Å². The zero-order chi connectivity index (χ0) is 41.0. The second-order valence-electron chi connectivity index (χ2n) is 15.9. The largest absolute Gasteiger partial charge is 0.208 e. The molecule has 0 unspecified atom stereocenters. The van der Waals surface area contributed by atoms with E-state index in [2.05, 4.69) is 188 Å². The van der Waals surface area contributed by atoms with E-state index >= 15 is 0 Å². The zero-order valence-corrected chi connectivity index (χ0v) is 34.4. The number of hydrogen-bond acceptors (Lipinski definition) is 4. The van der Waals surface area contributed by atoms with E-state index in [1.807, 2.05) is 47.7 Å². The number of aromatic nitrogens is 3. The third-order valence-electron chi connectivity index (χ3n) is 12.4. The van der Waals surface area contributed by atoms with Gasteiger partial charge >= 0.3 is 0 Å². The first-order chi connectivity index (χ1) is 30.7. The predicted octanol–water partition coefficient (Wildman–Crippen LogP) is 14.9. The van der Waals surface area contributed by atoms with Crippen LogP contribution in [-0.4, -0.2) is 15.0 Å². The summed E-state index contributed by atoms with van der Waals surface area (Å²) in [6, 6.07) is 80.7. The highest BCUT2D eigenvalue weighted by Gasteiger charge is 2.46. The summed E-state index contributed by atoms with van der Waals surface area (Å²) in [5.41, 5.74) is 14.8. The molecular weight excluding hydrogens is 771 g/mol. The van der Waals surface area contributed by atoms with Crippen LogP contribution in [0.5, 0.6) is 0 Å². The molecule has 2 aromatic heterocycles. The Morgan fingerprint density at radius 2 is 0.790 bits per heavy atom. The van der Waals surface area contributed by atoms with Gasteiger partial charge in [0.05, 0.1) is 5.41 Å². The molecule has 9 aromatic carbocycles. The first kappa shape index (κ1) is 36.1. The van der Waals surface area contributed by atoms with Crippen molar-refractivity contribution in [2.75, 3.05) is 0 Å². The van der Waals surface area contributed by atoms with Gasteiger partial charge in [-0.2, -0.15) is 0 Å². The maximum absolute atomic E-state index is 5.15. The fraction of sp³-hybridized carbons (Fsp3) is 0.0172. The summed E-state index contributed by atoms with van der Waals surface area (Å²) in [4.78, 5) is 15.3. The van der Waals surface area contributed by atoms with Crippen LogP contribution in [0.2, 0.25) is 0 Å². The first-order valence-electron chi connectivity index (χ1n) is 21.0. The van der Waals surface area contributed by atoms with Gasteiger partial charge < -0.3 is 0 Å². The standard InChI is InChI=1S/C58H37N3S/c1-5-18-38(19-6-1)55-59-56(39-20-7-2-8-21-39)61-57(60-55)48-29-17-31-53-54(48)49-36-40(33-35-52(49)62-53)44-26-13-14-27-45(44)41-32-34-47-46-28-15-16-30-50(46)58(51(47)37-41,42-22-9-3-10-23-42)43-24-11-4-12-25-43/h1-37H. The van der Waals surface area contributed by atoms with Crippen molar-refractivity contribution in [1.82, 2.24) is 15.0 Å². The van der Waals surface area contributed by atoms with E-state index in [1.54, 1.807) is 0 Å². The van der Waals surface area contributed by atoms with Crippen molar-refractivity contribution in [2.45, 2.75) is 5.41 Å². The fourth-order valence-electron chi connectivity index (χ4n) is 9.71. The molecule has 0 aliphatic heterocycles. The third kappa shape index (κ3) is 5.76. The molecule has 0 radical (unpaired) electrons. The average molecular weight is 808 g/mol. The van der Waals surface area contributed by atoms with E-state index in [4.69, 9.17) is 15.0 Å². The van der Waals surface area contributed by atoms with Crippen molar-refractivity contribution in [3.63, 3.8) is 0 Å². The van der Waals surface area contributed by atoms with Gasteiger partial charge in [0.25, 0.3) is 0 Å². The number of fused-ring (bicyclic) bond motifs is 6. The number of nitrogens with zero attached hydrogens (tertiary/aromatic N) is 3. The Morgan fingerprint density at radius 3 is 1.42 bits per heavy atom. The SMILES string of the molecule is c1ccc(-c2nc(-c3ccccc3)nc(-c3cccc4sc5ccc(-c6ccccc6-c6ccc7c(c6)C(c6ccccc6)(c6ccccc6)c6ccccc6-7)cc5c34)n2)cc1. The molecule has 1 aliphatic rings. The van der Waals surface area contributed by atoms with Gasteiger partial charge in [-0.05, 0) is 79.9 Å². The van der Waals surface area contributed by atoms with Crippen molar-refractivity contribution >= 4 is 31.5 Å². The maximum atomic E-state index is 5.15. The first-order valence-corrected chi connectivity index (χ1v) is 21.8. The topological polar surface area (TPSA) is 38.7 Å². The lowest BCUT2D eigenvalue weighted by Crippen LogP contribution is -2.28. The summed E-state index contributed by atoms with van der Waals surface area (Å²) in [6.45, 7) is 0. The van der Waals surface area contributed by atoms with Crippen molar-refractivity contribution in [3.05, 3.63) is 247 Å². The van der Waals surface area contributed by atoms with Crippen LogP contribution in [-0.2, 0) is 5.41 Å². The number of hydrogen-bond donors (Lipinski definition) is 0. The number of rotatable bonds is 7. The molecule has 0 saturated heterocycles. The summed E-state index contributed by atoms with van der Waals surface area (Å²) in [7, 11) is 0. The average Bonchev–Trinajstić information content (AvgIpc) is 3.88. The smallest absolute Gasteiger partial charge is 0.164 e. The Kier molecular flexibility index (Phi) is 8.58. The molecular formula is C58H37N3S. The molecule has 0 saturated carbocycles. The van der Waals surface area contributed by atoms with E-state index in [-0.39, 0.29) is 0 Å². The van der Waals surface area contributed by atoms with Crippen LogP contribution in [0, 0.1) is 0 Å². The quantitative estimate of drug-likeness (QED) is 0.161. The van der Waals surface area contributed by atoms with Gasteiger partial charge in [-0.15, -0.1) is 11.3 Å². The van der Waals surface area contributed by atoms with Crippen molar-refractivity contribution in [1.29, 1.82) is 0 Å². The third-order valence-corrected chi connectivity index (χ3v) is 13.6. The molecule has 2 heterocycles. The molecule has 0 N–H and O–H groups in total. The van der Waals surface area contributed by atoms with Gasteiger partial charge in [0.15, 0.2) is 17.5 Å². The molecule has 0 bridgehead atoms. The molecule has 1 aliphatic carbocycles. The Balaban J connectivity index is 1.03. The Hall–Kier alpha value is -7.79. The van der Waals surface area contributed by atoms with Gasteiger partial charge in [-0.3, -0.25) is 0 Å². The van der Waals surface area contributed by atoms with Crippen LogP contribution < -0.4 is 0 Å². The van der Waals surface area contributed by atoms with Crippen molar-refractivity contribution < 1.29 is 0 Å². The molecule has 290 valence electrons. The normalized spacial score (nSPS) is 12.6. The van der Waals surface area contributed by atoms with E-state index in [0.717, 1.165) is 27.6 Å². The monoisotopic (exact) mass is 807 g/mol. The minimum absolute atomic E-state index is 0.472. The molecule has 4 heteroatoms. The van der Waals surface area contributed by atoms with Crippen LogP contribution in [0.15, 0.2) is 224 Å². The van der Waals surface area contributed by atoms with E-state index in [1.165, 1.54) is 64.9 Å². The molecule has 11 aromatic rings. The van der Waals surface area contributed by atoms with E-state index < -0.39 is 5.41 Å². The highest BCUT2D eigenvalue weighted by molar-refractivity contribution is 7.26. The highest BCUT2D eigenvalue weighted by Crippen LogP contribution is 2.57. The molecule has 0 amide bonds. The predicted molar refractivity (Wildman–Crippen MR) is 257 cm³/mol. The minimum atomic E-state index is -0.472. The van der Waals surface area contributed by atoms with Crippen LogP contribution in [0.25, 0.3) is 87.7 Å². The Morgan fingerprint density at radius 1 is 0.306 bits per heavy atom. The van der Waals surface area contributed by atoms with Crippen LogP contribution in [0.3, 0.4) is 0 Å². The summed E-state index contributed by atoms with van der Waals surface area (Å²) in [5.74, 6) is 1.97. The molecule has 3 nitrogen and oxygen atoms in total. The summed E-state index contributed by atoms with van der Waals surface area (Å²) >= 11 is 1.81. The van der Waals surface area contributed by atoms with Gasteiger partial charge in [0.1, 0.15) is 0 Å². The minimum Gasteiger partial charge on any atom is -0.208 e. The maximum Gasteiger partial charge on any atom is 0.164 e. The summed E-state index contributed by atoms with van der Waals surface area (Å²) in [6.07, 6.45) is 0. The lowest BCUT2D eigenvalue weighted by molar-refractivity contribution is 0.769. The van der Waals surface area contributed by atoms with Gasteiger partial charge in [0, 0.05) is 36.9 Å². The van der Waals surface area contributed by atoms with Crippen LogP contribution in [0.1, 0.15) is 22.3 Å². The molecule has 12 rings (SSSR count). The van der Waals surface area contributed by atoms with Crippen molar-refractivity contribution in [3.8, 4) is 67.5 Å². The lowest BCUT2D eigenvalue weighted by atomic mass is 9.67. The number of thiophene rings is 1. The van der Waals surface area contributed by atoms with Crippen molar-refractivity contribution in [2.24, 2.45) is 0 Å². The van der Waals surface area contributed by atoms with E-state index in [0.29, 0.717) is 17.5 Å². The van der Waals surface area contributed by atoms with E-state index in [9.17, 15) is 0 Å². The second-order valence-corrected chi connectivity index (χ2v) is 16.9. The zero-order valence-electron chi connectivity index (χ0n) is 33.6. The molecule has 0 spiro atoms. The Labute approximate surface area is 364 Å². The summed E-state index contributed by atoms with van der Waals surface area (Å²) < 4.78 is 2.42. The molecule has 62 heavy (non-hydrogen) atoms. The lowest BCUT2D eigenvalue weighted by Gasteiger charge is -2.34. The Bertz CT molecular complexity index is 3350. The second kappa shape index (κ2) is 14.7. The van der Waals surface area contributed by atoms with Gasteiger partial charge in [-0.1, -0.05) is 200 Å². The fourth-order valence-corrected chi connectivity index (χ4v) is 10.8. The summed E-state index contributed by atoms with van der Waals surface area (Å²) in [5, 5.41) is 2.34. The molecule has 0 atom stereocenters. The van der Waals surface area contributed by atoms with Crippen LogP contribution >= 0.6 is 11.3 Å². The highest BCUT2D eigenvalue weighted by atomic mass is 32.1. The molecule has 0 fully saturated rings. The van der Waals surface area contributed by atoms with Crippen LogP contribution in [0.4, 0.5) is 0 Å². The van der Waals surface area contributed by atoms with Gasteiger partial charge in [-0.25, -0.2) is 15.0 Å².